The molecule has 29 heavy (non-hydrogen) atoms. The Labute approximate surface area is 175 Å². The molecule has 1 amide bonds. The van der Waals surface area contributed by atoms with Crippen LogP contribution < -0.4 is 0 Å². The van der Waals surface area contributed by atoms with Gasteiger partial charge < -0.3 is 4.90 Å². The van der Waals surface area contributed by atoms with E-state index in [-0.39, 0.29) is 17.4 Å². The molecule has 7 heteroatoms. The monoisotopic (exact) mass is 421 g/mol. The summed E-state index contributed by atoms with van der Waals surface area (Å²) in [5.74, 6) is 0.179. The highest BCUT2D eigenvalue weighted by Gasteiger charge is 2.33. The van der Waals surface area contributed by atoms with Crippen molar-refractivity contribution in [1.82, 2.24) is 14.1 Å². The number of carbonyl (C=O) groups excluding carboxylic acids is 1. The molecule has 2 saturated heterocycles. The van der Waals surface area contributed by atoms with Crippen LogP contribution in [0.2, 0.25) is 0 Å². The number of amides is 1. The van der Waals surface area contributed by atoms with E-state index in [0.717, 1.165) is 31.5 Å². The second-order valence-corrected chi connectivity index (χ2v) is 11.2. The number of likely N-dealkylation sites (tertiary alicyclic amines) is 1. The fourth-order valence-electron chi connectivity index (χ4n) is 4.14. The minimum atomic E-state index is -3.50. The Morgan fingerprint density at radius 2 is 1.45 bits per heavy atom. The van der Waals surface area contributed by atoms with Gasteiger partial charge in [0.25, 0.3) is 0 Å². The summed E-state index contributed by atoms with van der Waals surface area (Å²) in [6.45, 7) is 12.0. The quantitative estimate of drug-likeness (QED) is 0.750. The van der Waals surface area contributed by atoms with Crippen molar-refractivity contribution >= 4 is 15.9 Å². The van der Waals surface area contributed by atoms with Crippen LogP contribution in [0.3, 0.4) is 0 Å². The number of hydrogen-bond donors (Lipinski definition) is 0. The number of piperazine rings is 1. The zero-order valence-corrected chi connectivity index (χ0v) is 19.0. The second-order valence-electron chi connectivity index (χ2n) is 9.28. The molecule has 162 valence electrons. The molecule has 0 bridgehead atoms. The van der Waals surface area contributed by atoms with Gasteiger partial charge in [0.2, 0.25) is 15.9 Å². The Bertz CT molecular complexity index is 801. The van der Waals surface area contributed by atoms with E-state index in [2.05, 4.69) is 25.7 Å². The van der Waals surface area contributed by atoms with Crippen LogP contribution in [-0.4, -0.2) is 73.7 Å². The fraction of sp³-hybridized carbons (Fsp3) is 0.682. The molecule has 1 unspecified atom stereocenters. The van der Waals surface area contributed by atoms with Crippen LogP contribution in [0, 0.1) is 0 Å². The minimum Gasteiger partial charge on any atom is -0.341 e. The van der Waals surface area contributed by atoms with Gasteiger partial charge in [0.15, 0.2) is 0 Å². The predicted octanol–water partition coefficient (Wildman–Crippen LogP) is 2.69. The van der Waals surface area contributed by atoms with Crippen molar-refractivity contribution in [1.29, 1.82) is 0 Å². The van der Waals surface area contributed by atoms with Crippen molar-refractivity contribution < 1.29 is 13.2 Å². The number of carbonyl (C=O) groups is 1. The van der Waals surface area contributed by atoms with Gasteiger partial charge in [-0.15, -0.1) is 0 Å². The second kappa shape index (κ2) is 8.74. The van der Waals surface area contributed by atoms with Crippen molar-refractivity contribution in [2.24, 2.45) is 0 Å². The standard InChI is InChI=1S/C22H35N3O3S/c1-18(21(26)24-12-6-5-7-13-24)23-14-16-25(17-15-23)29(27,28)20-10-8-19(9-11-20)22(2,3)4/h8-11,18H,5-7,12-17H2,1-4H3. The van der Waals surface area contributed by atoms with E-state index in [1.807, 2.05) is 24.0 Å². The number of nitrogens with zero attached hydrogens (tertiary/aromatic N) is 3. The molecule has 1 aromatic rings. The largest absolute Gasteiger partial charge is 0.341 e. The van der Waals surface area contributed by atoms with Crippen LogP contribution in [0.15, 0.2) is 29.2 Å². The van der Waals surface area contributed by atoms with E-state index in [4.69, 9.17) is 0 Å². The zero-order chi connectivity index (χ0) is 21.2. The van der Waals surface area contributed by atoms with E-state index in [1.54, 1.807) is 16.4 Å². The number of rotatable bonds is 4. The molecule has 0 saturated carbocycles. The number of sulfonamides is 1. The van der Waals surface area contributed by atoms with Gasteiger partial charge in [-0.3, -0.25) is 9.69 Å². The normalized spacial score (nSPS) is 21.2. The summed E-state index contributed by atoms with van der Waals surface area (Å²) in [5.41, 5.74) is 1.11. The molecule has 2 fully saturated rings. The van der Waals surface area contributed by atoms with Gasteiger partial charge >= 0.3 is 0 Å². The molecule has 2 aliphatic heterocycles. The Balaban J connectivity index is 1.61. The van der Waals surface area contributed by atoms with E-state index in [0.29, 0.717) is 31.1 Å². The molecule has 2 aliphatic rings. The van der Waals surface area contributed by atoms with Gasteiger partial charge in [-0.05, 0) is 49.3 Å². The number of benzene rings is 1. The number of piperidine rings is 1. The zero-order valence-electron chi connectivity index (χ0n) is 18.2. The van der Waals surface area contributed by atoms with E-state index < -0.39 is 10.0 Å². The Morgan fingerprint density at radius 3 is 1.97 bits per heavy atom. The maximum absolute atomic E-state index is 13.0. The lowest BCUT2D eigenvalue weighted by molar-refractivity contribution is -0.137. The SMILES string of the molecule is CC(C(=O)N1CCCCC1)N1CCN(S(=O)(=O)c2ccc(C(C)(C)C)cc2)CC1. The van der Waals surface area contributed by atoms with Gasteiger partial charge in [-0.2, -0.15) is 4.31 Å². The molecular formula is C22H35N3O3S. The third-order valence-electron chi connectivity index (χ3n) is 6.20. The van der Waals surface area contributed by atoms with Crippen molar-refractivity contribution in [3.05, 3.63) is 29.8 Å². The average Bonchev–Trinajstić information content (AvgIpc) is 2.73. The summed E-state index contributed by atoms with van der Waals surface area (Å²) < 4.78 is 27.6. The highest BCUT2D eigenvalue weighted by Crippen LogP contribution is 2.25. The topological polar surface area (TPSA) is 60.9 Å². The summed E-state index contributed by atoms with van der Waals surface area (Å²) in [6.07, 6.45) is 3.36. The average molecular weight is 422 g/mol. The van der Waals surface area contributed by atoms with Crippen LogP contribution >= 0.6 is 0 Å². The Hall–Kier alpha value is -1.44. The first-order valence-electron chi connectivity index (χ1n) is 10.7. The van der Waals surface area contributed by atoms with Crippen LogP contribution in [0.1, 0.15) is 52.5 Å². The smallest absolute Gasteiger partial charge is 0.243 e. The summed E-state index contributed by atoms with van der Waals surface area (Å²) in [7, 11) is -3.50. The van der Waals surface area contributed by atoms with Crippen molar-refractivity contribution in [2.75, 3.05) is 39.3 Å². The molecule has 2 heterocycles. The first-order chi connectivity index (χ1) is 13.6. The molecule has 1 aromatic carbocycles. The third-order valence-corrected chi connectivity index (χ3v) is 8.12. The Kier molecular flexibility index (Phi) is 6.70. The summed E-state index contributed by atoms with van der Waals surface area (Å²) in [5, 5.41) is 0. The van der Waals surface area contributed by atoms with Gasteiger partial charge in [-0.1, -0.05) is 32.9 Å². The van der Waals surface area contributed by atoms with E-state index in [9.17, 15) is 13.2 Å². The lowest BCUT2D eigenvalue weighted by Crippen LogP contribution is -2.55. The van der Waals surface area contributed by atoms with Gasteiger partial charge in [-0.25, -0.2) is 8.42 Å². The van der Waals surface area contributed by atoms with Crippen LogP contribution in [-0.2, 0) is 20.2 Å². The first kappa shape index (κ1) is 22.2. The predicted molar refractivity (Wildman–Crippen MR) is 115 cm³/mol. The van der Waals surface area contributed by atoms with E-state index in [1.165, 1.54) is 6.42 Å². The van der Waals surface area contributed by atoms with Crippen LogP contribution in [0.25, 0.3) is 0 Å². The molecule has 0 aliphatic carbocycles. The molecular weight excluding hydrogens is 386 g/mol. The summed E-state index contributed by atoms with van der Waals surface area (Å²) in [4.78, 5) is 17.2. The van der Waals surface area contributed by atoms with Crippen molar-refractivity contribution in [2.45, 2.75) is 63.3 Å². The Morgan fingerprint density at radius 1 is 0.897 bits per heavy atom. The van der Waals surface area contributed by atoms with Gasteiger partial charge in [0, 0.05) is 39.3 Å². The fourth-order valence-corrected chi connectivity index (χ4v) is 5.56. The maximum atomic E-state index is 13.0. The van der Waals surface area contributed by atoms with Gasteiger partial charge in [0.1, 0.15) is 0 Å². The molecule has 6 nitrogen and oxygen atoms in total. The van der Waals surface area contributed by atoms with Gasteiger partial charge in [0.05, 0.1) is 10.9 Å². The summed E-state index contributed by atoms with van der Waals surface area (Å²) in [6, 6.07) is 7.05. The van der Waals surface area contributed by atoms with Crippen LogP contribution in [0.5, 0.6) is 0 Å². The first-order valence-corrected chi connectivity index (χ1v) is 12.2. The van der Waals surface area contributed by atoms with E-state index >= 15 is 0 Å². The molecule has 1 atom stereocenters. The van der Waals surface area contributed by atoms with Crippen LogP contribution in [0.4, 0.5) is 0 Å². The highest BCUT2D eigenvalue weighted by molar-refractivity contribution is 7.89. The lowest BCUT2D eigenvalue weighted by atomic mass is 9.87. The molecule has 0 radical (unpaired) electrons. The highest BCUT2D eigenvalue weighted by atomic mass is 32.2. The minimum absolute atomic E-state index is 0.00898. The third kappa shape index (κ3) is 5.01. The molecule has 0 aromatic heterocycles. The molecule has 0 spiro atoms. The van der Waals surface area contributed by atoms with Crippen molar-refractivity contribution in [3.8, 4) is 0 Å². The van der Waals surface area contributed by atoms with Crippen molar-refractivity contribution in [3.63, 3.8) is 0 Å². The number of hydrogen-bond acceptors (Lipinski definition) is 4. The maximum Gasteiger partial charge on any atom is 0.243 e. The summed E-state index contributed by atoms with van der Waals surface area (Å²) >= 11 is 0. The molecule has 3 rings (SSSR count). The molecule has 0 N–H and O–H groups in total. The lowest BCUT2D eigenvalue weighted by Gasteiger charge is -2.39.